The second-order valence-electron chi connectivity index (χ2n) is 5.22. The Morgan fingerprint density at radius 2 is 2.06 bits per heavy atom. The van der Waals surface area contributed by atoms with Crippen LogP contribution in [0.5, 0.6) is 0 Å². The molecule has 2 unspecified atom stereocenters. The minimum atomic E-state index is 0.401. The van der Waals surface area contributed by atoms with Crippen molar-refractivity contribution in [3.05, 3.63) is 61.3 Å². The standard InChI is InChI=1S/C16H21N/c1-4-11-17(5-2)13-16(3)12-15(16)14-9-7-6-8-10-14/h4-10,15H,1-2,11-13H2,3H3. The van der Waals surface area contributed by atoms with E-state index in [0.29, 0.717) is 11.3 Å². The lowest BCUT2D eigenvalue weighted by Crippen LogP contribution is -2.25. The summed E-state index contributed by atoms with van der Waals surface area (Å²) in [5.41, 5.74) is 1.87. The van der Waals surface area contributed by atoms with Crippen LogP contribution in [0.15, 0.2) is 55.8 Å². The highest BCUT2D eigenvalue weighted by molar-refractivity contribution is 5.29. The van der Waals surface area contributed by atoms with Gasteiger partial charge in [-0.3, -0.25) is 0 Å². The van der Waals surface area contributed by atoms with Crippen LogP contribution in [0.25, 0.3) is 0 Å². The first kappa shape index (κ1) is 12.0. The van der Waals surface area contributed by atoms with Crippen LogP contribution >= 0.6 is 0 Å². The number of hydrogen-bond donors (Lipinski definition) is 0. The Kier molecular flexibility index (Phi) is 3.37. The zero-order chi connectivity index (χ0) is 12.3. The van der Waals surface area contributed by atoms with Crippen LogP contribution in [-0.2, 0) is 0 Å². The molecule has 0 aromatic heterocycles. The number of nitrogens with zero attached hydrogens (tertiary/aromatic N) is 1. The summed E-state index contributed by atoms with van der Waals surface area (Å²) in [4.78, 5) is 2.25. The predicted octanol–water partition coefficient (Wildman–Crippen LogP) is 3.81. The van der Waals surface area contributed by atoms with Crippen molar-refractivity contribution in [3.8, 4) is 0 Å². The Labute approximate surface area is 104 Å². The Bertz CT molecular complexity index is 395. The van der Waals surface area contributed by atoms with Gasteiger partial charge in [-0.15, -0.1) is 6.58 Å². The van der Waals surface area contributed by atoms with Crippen molar-refractivity contribution in [2.45, 2.75) is 19.3 Å². The van der Waals surface area contributed by atoms with Crippen molar-refractivity contribution in [3.63, 3.8) is 0 Å². The van der Waals surface area contributed by atoms with Gasteiger partial charge in [0, 0.05) is 13.1 Å². The van der Waals surface area contributed by atoms with Crippen molar-refractivity contribution in [2.24, 2.45) is 5.41 Å². The van der Waals surface area contributed by atoms with Crippen molar-refractivity contribution >= 4 is 0 Å². The molecule has 1 aromatic carbocycles. The molecule has 1 aromatic rings. The smallest absolute Gasteiger partial charge is 0.0351 e. The van der Waals surface area contributed by atoms with Crippen LogP contribution in [0.2, 0.25) is 0 Å². The maximum Gasteiger partial charge on any atom is 0.0351 e. The molecule has 17 heavy (non-hydrogen) atoms. The average Bonchev–Trinajstić information content (AvgIpc) is 3.02. The lowest BCUT2D eigenvalue weighted by Gasteiger charge is -2.23. The quantitative estimate of drug-likeness (QED) is 0.668. The molecule has 1 heteroatoms. The maximum atomic E-state index is 3.87. The molecule has 0 radical (unpaired) electrons. The summed E-state index contributed by atoms with van der Waals surface area (Å²) in [6.45, 7) is 12.0. The predicted molar refractivity (Wildman–Crippen MR) is 73.9 cm³/mol. The Hall–Kier alpha value is -1.50. The molecule has 0 bridgehead atoms. The molecule has 0 aliphatic heterocycles. The molecule has 1 aliphatic rings. The minimum Gasteiger partial charge on any atom is -0.374 e. The molecule has 1 nitrogen and oxygen atoms in total. The fraction of sp³-hybridized carbons (Fsp3) is 0.375. The van der Waals surface area contributed by atoms with E-state index in [-0.39, 0.29) is 0 Å². The van der Waals surface area contributed by atoms with Crippen LogP contribution in [-0.4, -0.2) is 18.0 Å². The van der Waals surface area contributed by atoms with Gasteiger partial charge in [-0.25, -0.2) is 0 Å². The third kappa shape index (κ3) is 2.60. The first-order valence-corrected chi connectivity index (χ1v) is 6.22. The van der Waals surface area contributed by atoms with Gasteiger partial charge >= 0.3 is 0 Å². The van der Waals surface area contributed by atoms with Gasteiger partial charge in [0.1, 0.15) is 0 Å². The third-order valence-corrected chi connectivity index (χ3v) is 3.74. The van der Waals surface area contributed by atoms with E-state index < -0.39 is 0 Å². The topological polar surface area (TPSA) is 3.24 Å². The van der Waals surface area contributed by atoms with E-state index in [4.69, 9.17) is 0 Å². The first-order valence-electron chi connectivity index (χ1n) is 6.22. The molecule has 2 atom stereocenters. The number of hydrogen-bond acceptors (Lipinski definition) is 1. The normalized spacial score (nSPS) is 26.3. The van der Waals surface area contributed by atoms with Crippen molar-refractivity contribution in [1.29, 1.82) is 0 Å². The Morgan fingerprint density at radius 3 is 2.65 bits per heavy atom. The molecule has 0 amide bonds. The highest BCUT2D eigenvalue weighted by atomic mass is 15.1. The van der Waals surface area contributed by atoms with Gasteiger partial charge < -0.3 is 4.90 Å². The molecule has 90 valence electrons. The van der Waals surface area contributed by atoms with Gasteiger partial charge in [-0.1, -0.05) is 49.9 Å². The molecule has 1 aliphatic carbocycles. The molecule has 0 spiro atoms. The van der Waals surface area contributed by atoms with E-state index in [1.165, 1.54) is 12.0 Å². The van der Waals surface area contributed by atoms with Gasteiger partial charge in [0.2, 0.25) is 0 Å². The highest BCUT2D eigenvalue weighted by Gasteiger charge is 2.50. The van der Waals surface area contributed by atoms with E-state index in [1.807, 2.05) is 12.3 Å². The fourth-order valence-corrected chi connectivity index (χ4v) is 2.62. The zero-order valence-electron chi connectivity index (χ0n) is 10.6. The summed E-state index contributed by atoms with van der Waals surface area (Å²) in [6, 6.07) is 10.8. The highest BCUT2D eigenvalue weighted by Crippen LogP contribution is 2.59. The van der Waals surface area contributed by atoms with Crippen LogP contribution in [0.1, 0.15) is 24.8 Å². The van der Waals surface area contributed by atoms with Crippen molar-refractivity contribution in [1.82, 2.24) is 4.90 Å². The van der Waals surface area contributed by atoms with Crippen molar-refractivity contribution in [2.75, 3.05) is 13.1 Å². The van der Waals surface area contributed by atoms with E-state index in [0.717, 1.165) is 13.1 Å². The summed E-state index contributed by atoms with van der Waals surface area (Å²) in [7, 11) is 0. The third-order valence-electron chi connectivity index (χ3n) is 3.74. The van der Waals surface area contributed by atoms with Gasteiger partial charge in [0.25, 0.3) is 0 Å². The molecule has 0 heterocycles. The zero-order valence-corrected chi connectivity index (χ0v) is 10.6. The molecule has 0 N–H and O–H groups in total. The Balaban J connectivity index is 1.99. The summed E-state index contributed by atoms with van der Waals surface area (Å²) >= 11 is 0. The van der Waals surface area contributed by atoms with E-state index in [2.05, 4.69) is 55.3 Å². The summed E-state index contributed by atoms with van der Waals surface area (Å²) in [5, 5.41) is 0. The lowest BCUT2D eigenvalue weighted by atomic mass is 10.0. The number of rotatable bonds is 6. The SMILES string of the molecule is C=CCN(C=C)CC1(C)CC1c1ccccc1. The molecule has 2 rings (SSSR count). The molecule has 0 saturated heterocycles. The molecular formula is C16H21N. The monoisotopic (exact) mass is 227 g/mol. The molecule has 1 fully saturated rings. The summed E-state index contributed by atoms with van der Waals surface area (Å²) in [6.07, 6.45) is 5.14. The van der Waals surface area contributed by atoms with Crippen LogP contribution in [0.3, 0.4) is 0 Å². The number of benzene rings is 1. The van der Waals surface area contributed by atoms with Crippen LogP contribution in [0, 0.1) is 5.41 Å². The van der Waals surface area contributed by atoms with Gasteiger partial charge in [0.05, 0.1) is 0 Å². The van der Waals surface area contributed by atoms with E-state index in [1.54, 1.807) is 0 Å². The minimum absolute atomic E-state index is 0.401. The van der Waals surface area contributed by atoms with E-state index in [9.17, 15) is 0 Å². The second-order valence-corrected chi connectivity index (χ2v) is 5.22. The lowest BCUT2D eigenvalue weighted by molar-refractivity contribution is 0.326. The second kappa shape index (κ2) is 4.79. The van der Waals surface area contributed by atoms with E-state index >= 15 is 0 Å². The largest absolute Gasteiger partial charge is 0.374 e. The Morgan fingerprint density at radius 1 is 1.35 bits per heavy atom. The fourth-order valence-electron chi connectivity index (χ4n) is 2.62. The molecular weight excluding hydrogens is 206 g/mol. The first-order chi connectivity index (χ1) is 8.19. The van der Waals surface area contributed by atoms with Crippen molar-refractivity contribution < 1.29 is 0 Å². The average molecular weight is 227 g/mol. The van der Waals surface area contributed by atoms with Gasteiger partial charge in [-0.05, 0) is 29.5 Å². The van der Waals surface area contributed by atoms with Crippen LogP contribution < -0.4 is 0 Å². The van der Waals surface area contributed by atoms with Gasteiger partial charge in [-0.2, -0.15) is 0 Å². The van der Waals surface area contributed by atoms with Gasteiger partial charge in [0.15, 0.2) is 0 Å². The summed E-state index contributed by atoms with van der Waals surface area (Å²) < 4.78 is 0. The van der Waals surface area contributed by atoms with Crippen LogP contribution in [0.4, 0.5) is 0 Å². The maximum absolute atomic E-state index is 3.87. The molecule has 1 saturated carbocycles. The summed E-state index contributed by atoms with van der Waals surface area (Å²) in [5.74, 6) is 0.705.